The number of piperidine rings is 1. The van der Waals surface area contributed by atoms with Crippen molar-refractivity contribution in [2.24, 2.45) is 0 Å². The maximum Gasteiger partial charge on any atom is 0.229 e. The molecule has 1 aliphatic heterocycles. The van der Waals surface area contributed by atoms with Crippen LogP contribution in [-0.2, 0) is 10.3 Å². The lowest BCUT2D eigenvalue weighted by atomic mass is 9.98. The van der Waals surface area contributed by atoms with Crippen LogP contribution in [0.2, 0.25) is 0 Å². The zero-order valence-electron chi connectivity index (χ0n) is 10.8. The van der Waals surface area contributed by atoms with Crippen LogP contribution in [0.4, 0.5) is 0 Å². The number of hydrogen-bond acceptors (Lipinski definition) is 5. The molecule has 0 aromatic carbocycles. The Morgan fingerprint density at radius 2 is 2.12 bits per heavy atom. The topological polar surface area (TPSA) is 60.2 Å². The minimum atomic E-state index is -0.469. The maximum absolute atomic E-state index is 5.62. The second-order valence-corrected chi connectivity index (χ2v) is 4.92. The summed E-state index contributed by atoms with van der Waals surface area (Å²) in [5.41, 5.74) is -0.469. The molecule has 5 heteroatoms. The van der Waals surface area contributed by atoms with Crippen molar-refractivity contribution < 1.29 is 9.26 Å². The van der Waals surface area contributed by atoms with Gasteiger partial charge < -0.3 is 14.6 Å². The second kappa shape index (κ2) is 5.14. The Hall–Kier alpha value is -0.940. The Morgan fingerprint density at radius 1 is 1.41 bits per heavy atom. The van der Waals surface area contributed by atoms with Crippen molar-refractivity contribution in [2.75, 3.05) is 19.7 Å². The van der Waals surface area contributed by atoms with E-state index in [-0.39, 0.29) is 0 Å². The molecule has 1 aliphatic rings. The average molecular weight is 239 g/mol. The van der Waals surface area contributed by atoms with E-state index in [2.05, 4.69) is 15.5 Å². The molecule has 0 amide bonds. The van der Waals surface area contributed by atoms with Gasteiger partial charge in [0.25, 0.3) is 0 Å². The molecule has 0 saturated carbocycles. The highest BCUT2D eigenvalue weighted by Crippen LogP contribution is 2.27. The Bertz CT molecular complexity index is 356. The van der Waals surface area contributed by atoms with Crippen molar-refractivity contribution in [2.45, 2.75) is 45.1 Å². The summed E-state index contributed by atoms with van der Waals surface area (Å²) in [6, 6.07) is 0. The van der Waals surface area contributed by atoms with Crippen LogP contribution in [0.25, 0.3) is 0 Å². The molecule has 0 atom stereocenters. The molecule has 2 heterocycles. The molecule has 0 spiro atoms. The van der Waals surface area contributed by atoms with Gasteiger partial charge in [-0.15, -0.1) is 0 Å². The zero-order chi connectivity index (χ0) is 12.3. The van der Waals surface area contributed by atoms with Crippen molar-refractivity contribution in [1.29, 1.82) is 0 Å². The van der Waals surface area contributed by atoms with E-state index in [9.17, 15) is 0 Å². The van der Waals surface area contributed by atoms with Gasteiger partial charge in [0.2, 0.25) is 11.7 Å². The first-order valence-electron chi connectivity index (χ1n) is 6.32. The fraction of sp³-hybridized carbons (Fsp3) is 0.833. The molecule has 0 unspecified atom stereocenters. The van der Waals surface area contributed by atoms with E-state index < -0.39 is 5.60 Å². The van der Waals surface area contributed by atoms with Crippen molar-refractivity contribution >= 4 is 0 Å². The number of hydrogen-bond donors (Lipinski definition) is 1. The predicted octanol–water partition coefficient (Wildman–Crippen LogP) is 1.81. The highest BCUT2D eigenvalue weighted by Gasteiger charge is 2.29. The summed E-state index contributed by atoms with van der Waals surface area (Å²) in [5.74, 6) is 1.80. The average Bonchev–Trinajstić information content (AvgIpc) is 2.80. The summed E-state index contributed by atoms with van der Waals surface area (Å²) >= 11 is 0. The molecule has 96 valence electrons. The number of ether oxygens (including phenoxy) is 1. The number of nitrogens with zero attached hydrogens (tertiary/aromatic N) is 2. The van der Waals surface area contributed by atoms with Crippen LogP contribution in [0.3, 0.4) is 0 Å². The molecule has 5 nitrogen and oxygen atoms in total. The largest absolute Gasteiger partial charge is 0.368 e. The summed E-state index contributed by atoms with van der Waals surface area (Å²) in [5, 5.41) is 7.38. The van der Waals surface area contributed by atoms with Crippen LogP contribution in [-0.4, -0.2) is 29.8 Å². The Kier molecular flexibility index (Phi) is 3.79. The molecule has 0 bridgehead atoms. The Labute approximate surface area is 102 Å². The van der Waals surface area contributed by atoms with Gasteiger partial charge in [0.15, 0.2) is 0 Å². The van der Waals surface area contributed by atoms with Crippen molar-refractivity contribution in [3.63, 3.8) is 0 Å². The van der Waals surface area contributed by atoms with Gasteiger partial charge in [0.1, 0.15) is 5.60 Å². The summed E-state index contributed by atoms with van der Waals surface area (Å²) in [6.45, 7) is 8.59. The number of aromatic nitrogens is 2. The van der Waals surface area contributed by atoms with E-state index in [1.54, 1.807) is 0 Å². The van der Waals surface area contributed by atoms with Crippen LogP contribution in [0.1, 0.15) is 51.2 Å². The van der Waals surface area contributed by atoms with E-state index >= 15 is 0 Å². The van der Waals surface area contributed by atoms with Gasteiger partial charge in [-0.05, 0) is 46.7 Å². The molecule has 17 heavy (non-hydrogen) atoms. The zero-order valence-corrected chi connectivity index (χ0v) is 10.8. The third kappa shape index (κ3) is 2.84. The SMILES string of the molecule is CCOC(C)(C)c1noc(C2CCNCC2)n1. The summed E-state index contributed by atoms with van der Waals surface area (Å²) in [4.78, 5) is 4.49. The van der Waals surface area contributed by atoms with E-state index in [1.807, 2.05) is 20.8 Å². The molecule has 0 aliphatic carbocycles. The molecular formula is C12H21N3O2. The van der Waals surface area contributed by atoms with Crippen LogP contribution in [0, 0.1) is 0 Å². The molecule has 2 rings (SSSR count). The number of rotatable bonds is 4. The normalized spacial score (nSPS) is 18.5. The van der Waals surface area contributed by atoms with Gasteiger partial charge >= 0.3 is 0 Å². The van der Waals surface area contributed by atoms with Gasteiger partial charge in [-0.3, -0.25) is 0 Å². The van der Waals surface area contributed by atoms with E-state index in [0.717, 1.165) is 31.8 Å². The molecule has 1 fully saturated rings. The quantitative estimate of drug-likeness (QED) is 0.868. The van der Waals surface area contributed by atoms with Crippen LogP contribution in [0.15, 0.2) is 4.52 Å². The first-order chi connectivity index (χ1) is 8.13. The van der Waals surface area contributed by atoms with Crippen molar-refractivity contribution in [3.05, 3.63) is 11.7 Å². The molecule has 0 radical (unpaired) electrons. The molecule has 1 aromatic heterocycles. The minimum Gasteiger partial charge on any atom is -0.368 e. The van der Waals surface area contributed by atoms with Crippen molar-refractivity contribution in [3.8, 4) is 0 Å². The molecular weight excluding hydrogens is 218 g/mol. The lowest BCUT2D eigenvalue weighted by Gasteiger charge is -2.20. The second-order valence-electron chi connectivity index (χ2n) is 4.92. The highest BCUT2D eigenvalue weighted by atomic mass is 16.5. The summed E-state index contributed by atoms with van der Waals surface area (Å²) in [6.07, 6.45) is 2.13. The summed E-state index contributed by atoms with van der Waals surface area (Å²) in [7, 11) is 0. The maximum atomic E-state index is 5.62. The van der Waals surface area contributed by atoms with E-state index in [0.29, 0.717) is 18.3 Å². The fourth-order valence-electron chi connectivity index (χ4n) is 2.14. The first-order valence-corrected chi connectivity index (χ1v) is 6.32. The van der Waals surface area contributed by atoms with Crippen LogP contribution >= 0.6 is 0 Å². The number of nitrogens with one attached hydrogen (secondary N) is 1. The highest BCUT2D eigenvalue weighted by molar-refractivity contribution is 5.01. The monoisotopic (exact) mass is 239 g/mol. The van der Waals surface area contributed by atoms with E-state index in [1.165, 1.54) is 0 Å². The van der Waals surface area contributed by atoms with Gasteiger partial charge in [0.05, 0.1) is 0 Å². The Morgan fingerprint density at radius 3 is 2.76 bits per heavy atom. The van der Waals surface area contributed by atoms with Gasteiger partial charge in [0, 0.05) is 12.5 Å². The first kappa shape index (κ1) is 12.5. The third-order valence-electron chi connectivity index (χ3n) is 3.17. The Balaban J connectivity index is 2.09. The minimum absolute atomic E-state index is 0.398. The molecule has 1 N–H and O–H groups in total. The predicted molar refractivity (Wildman–Crippen MR) is 63.8 cm³/mol. The lowest BCUT2D eigenvalue weighted by Crippen LogP contribution is -2.27. The summed E-state index contributed by atoms with van der Waals surface area (Å²) < 4.78 is 11.0. The molecule has 1 aromatic rings. The van der Waals surface area contributed by atoms with Crippen LogP contribution < -0.4 is 5.32 Å². The fourth-order valence-corrected chi connectivity index (χ4v) is 2.14. The van der Waals surface area contributed by atoms with Gasteiger partial charge in [-0.2, -0.15) is 4.98 Å². The standard InChI is InChI=1S/C12H21N3O2/c1-4-16-12(2,3)11-14-10(17-15-11)9-5-7-13-8-6-9/h9,13H,4-8H2,1-3H3. The van der Waals surface area contributed by atoms with E-state index in [4.69, 9.17) is 9.26 Å². The smallest absolute Gasteiger partial charge is 0.229 e. The van der Waals surface area contributed by atoms with Gasteiger partial charge in [-0.1, -0.05) is 5.16 Å². The molecule has 1 saturated heterocycles. The van der Waals surface area contributed by atoms with Crippen LogP contribution in [0.5, 0.6) is 0 Å². The third-order valence-corrected chi connectivity index (χ3v) is 3.17. The lowest BCUT2D eigenvalue weighted by molar-refractivity contribution is -0.0221. The van der Waals surface area contributed by atoms with Crippen molar-refractivity contribution in [1.82, 2.24) is 15.5 Å². The van der Waals surface area contributed by atoms with Gasteiger partial charge in [-0.25, -0.2) is 0 Å².